The number of pyridine rings is 2. The van der Waals surface area contributed by atoms with Crippen LogP contribution in [0.3, 0.4) is 0 Å². The Morgan fingerprint density at radius 1 is 1.21 bits per heavy atom. The molecule has 3 heterocycles. The summed E-state index contributed by atoms with van der Waals surface area (Å²) in [4.78, 5) is 45.1. The number of aromatic nitrogens is 2. The number of aryl methyl sites for hydroxylation is 1. The minimum Gasteiger partial charge on any atom is -0.368 e. The molecule has 1 amide bonds. The van der Waals surface area contributed by atoms with Crippen LogP contribution < -0.4 is 15.8 Å². The number of rotatable bonds is 9. The fourth-order valence-corrected chi connectivity index (χ4v) is 4.72. The SMILES string of the molecule is CC(=O)C[C@@H](NC(=O)[C@@H](CC(C)C)n1ccc(C)cc1=O)c1cncc(N2CCCC[C@@H]2C)c1. The van der Waals surface area contributed by atoms with Crippen molar-refractivity contribution in [2.45, 2.75) is 84.8 Å². The van der Waals surface area contributed by atoms with Gasteiger partial charge in [0.2, 0.25) is 5.91 Å². The van der Waals surface area contributed by atoms with Gasteiger partial charge in [-0.3, -0.25) is 19.4 Å². The molecule has 1 N–H and O–H groups in total. The third-order valence-electron chi connectivity index (χ3n) is 6.53. The Hall–Kier alpha value is -2.96. The van der Waals surface area contributed by atoms with Gasteiger partial charge in [0.15, 0.2) is 0 Å². The topological polar surface area (TPSA) is 84.3 Å². The number of piperidine rings is 1. The third kappa shape index (κ3) is 6.55. The molecule has 0 aliphatic carbocycles. The first-order chi connectivity index (χ1) is 16.2. The number of carbonyl (C=O) groups excluding carboxylic acids is 2. The molecule has 7 heteroatoms. The van der Waals surface area contributed by atoms with E-state index in [2.05, 4.69) is 22.1 Å². The molecular formula is C27H38N4O3. The third-order valence-corrected chi connectivity index (χ3v) is 6.53. The van der Waals surface area contributed by atoms with Gasteiger partial charge in [-0.2, -0.15) is 0 Å². The van der Waals surface area contributed by atoms with Crippen molar-refractivity contribution in [1.29, 1.82) is 0 Å². The molecule has 0 bridgehead atoms. The van der Waals surface area contributed by atoms with Crippen LogP contribution in [0.15, 0.2) is 41.6 Å². The summed E-state index contributed by atoms with van der Waals surface area (Å²) in [5.74, 6) is -0.0709. The minimum absolute atomic E-state index is 0.0186. The summed E-state index contributed by atoms with van der Waals surface area (Å²) < 4.78 is 1.50. The quantitative estimate of drug-likeness (QED) is 0.594. The molecule has 1 fully saturated rings. The minimum atomic E-state index is -0.652. The largest absolute Gasteiger partial charge is 0.368 e. The lowest BCUT2D eigenvalue weighted by molar-refractivity contribution is -0.126. The van der Waals surface area contributed by atoms with E-state index in [1.165, 1.54) is 17.9 Å². The van der Waals surface area contributed by atoms with Gasteiger partial charge >= 0.3 is 0 Å². The number of ketones is 1. The maximum Gasteiger partial charge on any atom is 0.251 e. The Kier molecular flexibility index (Phi) is 8.64. The van der Waals surface area contributed by atoms with Gasteiger partial charge in [-0.15, -0.1) is 0 Å². The van der Waals surface area contributed by atoms with Gasteiger partial charge in [-0.25, -0.2) is 0 Å². The zero-order valence-corrected chi connectivity index (χ0v) is 21.1. The van der Waals surface area contributed by atoms with E-state index in [1.807, 2.05) is 39.1 Å². The first-order valence-electron chi connectivity index (χ1n) is 12.4. The standard InChI is InChI=1S/C27H38N4O3/c1-18(2)12-25(31-11-9-19(3)13-26(31)33)27(34)29-24(14-21(5)32)22-15-23(17-28-16-22)30-10-7-6-8-20(30)4/h9,11,13,15-18,20,24-25H,6-8,10,12,14H2,1-5H3,(H,29,34)/t20-,24+,25+/m0/s1. The van der Waals surface area contributed by atoms with Crippen LogP contribution >= 0.6 is 0 Å². The van der Waals surface area contributed by atoms with Crippen molar-refractivity contribution >= 4 is 17.4 Å². The number of Topliss-reactive ketones (excluding diaryl/α,β-unsaturated/α-hetero) is 1. The molecule has 3 atom stereocenters. The summed E-state index contributed by atoms with van der Waals surface area (Å²) >= 11 is 0. The average Bonchev–Trinajstić information content (AvgIpc) is 2.77. The molecule has 0 spiro atoms. The van der Waals surface area contributed by atoms with Crippen molar-refractivity contribution in [1.82, 2.24) is 14.9 Å². The second-order valence-corrected chi connectivity index (χ2v) is 10.1. The number of hydrogen-bond donors (Lipinski definition) is 1. The Morgan fingerprint density at radius 2 is 1.97 bits per heavy atom. The molecular weight excluding hydrogens is 428 g/mol. The Morgan fingerprint density at radius 3 is 2.62 bits per heavy atom. The van der Waals surface area contributed by atoms with Crippen molar-refractivity contribution in [3.63, 3.8) is 0 Å². The van der Waals surface area contributed by atoms with Gasteiger partial charge in [0.1, 0.15) is 11.8 Å². The molecule has 0 saturated carbocycles. The van der Waals surface area contributed by atoms with Crippen LogP contribution in [0.4, 0.5) is 5.69 Å². The van der Waals surface area contributed by atoms with Crippen LogP contribution in [0.2, 0.25) is 0 Å². The molecule has 1 saturated heterocycles. The predicted molar refractivity (Wildman–Crippen MR) is 135 cm³/mol. The molecule has 184 valence electrons. The molecule has 0 aromatic carbocycles. The first-order valence-corrected chi connectivity index (χ1v) is 12.4. The molecule has 2 aromatic heterocycles. The summed E-state index contributed by atoms with van der Waals surface area (Å²) in [6.07, 6.45) is 9.46. The van der Waals surface area contributed by atoms with E-state index < -0.39 is 12.1 Å². The summed E-state index contributed by atoms with van der Waals surface area (Å²) in [5.41, 5.74) is 2.47. The fraction of sp³-hybridized carbons (Fsp3) is 0.556. The highest BCUT2D eigenvalue weighted by molar-refractivity contribution is 5.82. The molecule has 34 heavy (non-hydrogen) atoms. The Labute approximate surface area is 202 Å². The normalized spacial score (nSPS) is 17.9. The van der Waals surface area contributed by atoms with Gasteiger partial charge in [-0.1, -0.05) is 13.8 Å². The van der Waals surface area contributed by atoms with E-state index in [-0.39, 0.29) is 29.6 Å². The summed E-state index contributed by atoms with van der Waals surface area (Å²) in [6.45, 7) is 10.6. The monoisotopic (exact) mass is 466 g/mol. The second-order valence-electron chi connectivity index (χ2n) is 10.1. The van der Waals surface area contributed by atoms with Crippen LogP contribution in [0.5, 0.6) is 0 Å². The van der Waals surface area contributed by atoms with Crippen molar-refractivity contribution in [3.8, 4) is 0 Å². The Bertz CT molecular complexity index is 1060. The van der Waals surface area contributed by atoms with Gasteiger partial charge in [0, 0.05) is 37.5 Å². The van der Waals surface area contributed by atoms with E-state index >= 15 is 0 Å². The number of nitrogens with zero attached hydrogens (tertiary/aromatic N) is 3. The van der Waals surface area contributed by atoms with Crippen molar-refractivity contribution in [3.05, 3.63) is 58.3 Å². The van der Waals surface area contributed by atoms with E-state index in [1.54, 1.807) is 18.5 Å². The number of carbonyl (C=O) groups is 2. The molecule has 0 unspecified atom stereocenters. The highest BCUT2D eigenvalue weighted by Gasteiger charge is 2.27. The average molecular weight is 467 g/mol. The number of amides is 1. The maximum atomic E-state index is 13.5. The second kappa shape index (κ2) is 11.4. The lowest BCUT2D eigenvalue weighted by atomic mass is 9.98. The van der Waals surface area contributed by atoms with Crippen LogP contribution in [-0.2, 0) is 9.59 Å². The Balaban J connectivity index is 1.90. The van der Waals surface area contributed by atoms with E-state index in [0.717, 1.165) is 36.2 Å². The zero-order chi connectivity index (χ0) is 24.8. The molecule has 1 aliphatic rings. The summed E-state index contributed by atoms with van der Waals surface area (Å²) in [6, 6.07) is 4.69. The molecule has 7 nitrogen and oxygen atoms in total. The number of hydrogen-bond acceptors (Lipinski definition) is 5. The predicted octanol–water partition coefficient (Wildman–Crippen LogP) is 4.35. The van der Waals surface area contributed by atoms with E-state index in [9.17, 15) is 14.4 Å². The molecule has 3 rings (SSSR count). The fourth-order valence-electron chi connectivity index (χ4n) is 4.72. The van der Waals surface area contributed by atoms with Crippen molar-refractivity contribution in [2.75, 3.05) is 11.4 Å². The van der Waals surface area contributed by atoms with Crippen LogP contribution in [0.25, 0.3) is 0 Å². The lowest BCUT2D eigenvalue weighted by Crippen LogP contribution is -2.40. The molecule has 2 aromatic rings. The smallest absolute Gasteiger partial charge is 0.251 e. The van der Waals surface area contributed by atoms with Crippen molar-refractivity contribution < 1.29 is 9.59 Å². The maximum absolute atomic E-state index is 13.5. The highest BCUT2D eigenvalue weighted by Crippen LogP contribution is 2.28. The zero-order valence-electron chi connectivity index (χ0n) is 21.1. The van der Waals surface area contributed by atoms with E-state index in [4.69, 9.17) is 0 Å². The van der Waals surface area contributed by atoms with Crippen molar-refractivity contribution in [2.24, 2.45) is 5.92 Å². The molecule has 0 radical (unpaired) electrons. The summed E-state index contributed by atoms with van der Waals surface area (Å²) in [5, 5.41) is 3.07. The first kappa shape index (κ1) is 25.7. The lowest BCUT2D eigenvalue weighted by Gasteiger charge is -2.35. The van der Waals surface area contributed by atoms with E-state index in [0.29, 0.717) is 12.5 Å². The van der Waals surface area contributed by atoms with Crippen LogP contribution in [0.1, 0.15) is 83.0 Å². The van der Waals surface area contributed by atoms with Gasteiger partial charge < -0.3 is 14.8 Å². The van der Waals surface area contributed by atoms with Gasteiger partial charge in [0.25, 0.3) is 5.56 Å². The molecule has 1 aliphatic heterocycles. The summed E-state index contributed by atoms with van der Waals surface area (Å²) in [7, 11) is 0. The van der Waals surface area contributed by atoms with Crippen LogP contribution in [0, 0.1) is 12.8 Å². The van der Waals surface area contributed by atoms with Crippen LogP contribution in [-0.4, -0.2) is 33.8 Å². The number of anilines is 1. The highest BCUT2D eigenvalue weighted by atomic mass is 16.2. The van der Waals surface area contributed by atoms with Gasteiger partial charge in [0.05, 0.1) is 17.9 Å². The number of nitrogens with one attached hydrogen (secondary N) is 1. The van der Waals surface area contributed by atoms with Gasteiger partial charge in [-0.05, 0) is 75.6 Å².